The molecular weight excluding hydrogens is 563 g/mol. The molecule has 0 bridgehead atoms. The van der Waals surface area contributed by atoms with Crippen molar-refractivity contribution in [2.24, 2.45) is 0 Å². The monoisotopic (exact) mass is 574 g/mol. The van der Waals surface area contributed by atoms with E-state index in [9.17, 15) is 10.1 Å². The summed E-state index contributed by atoms with van der Waals surface area (Å²) in [5.74, 6) is 0.231. The van der Waals surface area contributed by atoms with Crippen LogP contribution in [0.15, 0.2) is 50.9 Å². The van der Waals surface area contributed by atoms with Crippen molar-refractivity contribution in [3.63, 3.8) is 0 Å². The number of ether oxygens (including phenoxy) is 1. The maximum absolute atomic E-state index is 12.4. The number of halogens is 3. The zero-order valence-electron chi connectivity index (χ0n) is 13.1. The van der Waals surface area contributed by atoms with Gasteiger partial charge in [0.25, 0.3) is 5.91 Å². The highest BCUT2D eigenvalue weighted by molar-refractivity contribution is 14.1. The fraction of sp³-hybridized carbons (Fsp3) is 0.111. The number of hydrogen-bond donors (Lipinski definition) is 1. The molecule has 0 aliphatic heterocycles. The van der Waals surface area contributed by atoms with E-state index in [2.05, 4.69) is 59.8 Å². The van der Waals surface area contributed by atoms with Crippen LogP contribution in [0.3, 0.4) is 0 Å². The van der Waals surface area contributed by atoms with Crippen molar-refractivity contribution in [2.45, 2.75) is 6.92 Å². The predicted octanol–water partition coefficient (Wildman–Crippen LogP) is 5.76. The smallest absolute Gasteiger partial charge is 0.266 e. The Balaban J connectivity index is 2.30. The van der Waals surface area contributed by atoms with Crippen molar-refractivity contribution in [1.82, 2.24) is 0 Å². The molecule has 0 unspecified atom stereocenters. The number of para-hydroxylation sites is 1. The quantitative estimate of drug-likeness (QED) is 0.280. The van der Waals surface area contributed by atoms with Gasteiger partial charge in [-0.1, -0.05) is 12.1 Å². The predicted molar refractivity (Wildman–Crippen MR) is 114 cm³/mol. The van der Waals surface area contributed by atoms with Gasteiger partial charge in [0.1, 0.15) is 17.4 Å². The number of hydrogen-bond acceptors (Lipinski definition) is 3. The lowest BCUT2D eigenvalue weighted by Crippen LogP contribution is -2.14. The van der Waals surface area contributed by atoms with E-state index in [0.717, 1.165) is 12.5 Å². The van der Waals surface area contributed by atoms with Crippen LogP contribution in [-0.2, 0) is 4.79 Å². The van der Waals surface area contributed by atoms with E-state index in [1.165, 1.54) is 6.08 Å². The lowest BCUT2D eigenvalue weighted by Gasteiger charge is -2.10. The lowest BCUT2D eigenvalue weighted by molar-refractivity contribution is -0.112. The van der Waals surface area contributed by atoms with Gasteiger partial charge in [-0.05, 0) is 97.3 Å². The fourth-order valence-electron chi connectivity index (χ4n) is 2.01. The lowest BCUT2D eigenvalue weighted by atomic mass is 10.1. The van der Waals surface area contributed by atoms with Gasteiger partial charge >= 0.3 is 0 Å². The van der Waals surface area contributed by atoms with Crippen LogP contribution < -0.4 is 10.1 Å². The zero-order valence-corrected chi connectivity index (χ0v) is 18.5. The van der Waals surface area contributed by atoms with Crippen LogP contribution in [0.4, 0.5) is 5.69 Å². The standard InChI is InChI=1S/C18H13Br2IN2O2/c1-2-25-17-13(19)8-11(9-14(17)20)7-12(10-22)18(24)23-16-6-4-3-5-15(16)21/h3-9H,2H2,1H3,(H,23,24)/b12-7-. The van der Waals surface area contributed by atoms with Crippen LogP contribution >= 0.6 is 54.5 Å². The van der Waals surface area contributed by atoms with Crippen LogP contribution in [0.25, 0.3) is 6.08 Å². The summed E-state index contributed by atoms with van der Waals surface area (Å²) in [6.07, 6.45) is 1.54. The number of carbonyl (C=O) groups is 1. The molecule has 1 amide bonds. The molecule has 2 aromatic carbocycles. The summed E-state index contributed by atoms with van der Waals surface area (Å²) in [7, 11) is 0. The van der Waals surface area contributed by atoms with Gasteiger partial charge in [-0.25, -0.2) is 0 Å². The molecule has 0 fully saturated rings. The largest absolute Gasteiger partial charge is 0.492 e. The summed E-state index contributed by atoms with van der Waals surface area (Å²) in [5.41, 5.74) is 1.39. The molecular formula is C18H13Br2IN2O2. The Morgan fingerprint density at radius 3 is 2.52 bits per heavy atom. The molecule has 25 heavy (non-hydrogen) atoms. The Labute approximate surface area is 176 Å². The first-order chi connectivity index (χ1) is 12.0. The third-order valence-corrected chi connectivity index (χ3v) is 5.23. The number of rotatable bonds is 5. The van der Waals surface area contributed by atoms with E-state index in [4.69, 9.17) is 4.74 Å². The molecule has 0 radical (unpaired) electrons. The van der Waals surface area contributed by atoms with Crippen molar-refractivity contribution in [2.75, 3.05) is 11.9 Å². The topological polar surface area (TPSA) is 62.1 Å². The highest BCUT2D eigenvalue weighted by Gasteiger charge is 2.13. The number of carbonyl (C=O) groups excluding carboxylic acids is 1. The Kier molecular flexibility index (Phi) is 7.47. The molecule has 4 nitrogen and oxygen atoms in total. The molecule has 0 aliphatic carbocycles. The number of amides is 1. The van der Waals surface area contributed by atoms with Crippen LogP contribution in [-0.4, -0.2) is 12.5 Å². The van der Waals surface area contributed by atoms with Crippen LogP contribution in [0, 0.1) is 14.9 Å². The van der Waals surface area contributed by atoms with Crippen molar-refractivity contribution in [1.29, 1.82) is 5.26 Å². The second-order valence-corrected chi connectivity index (χ2v) is 7.72. The maximum Gasteiger partial charge on any atom is 0.266 e. The SMILES string of the molecule is CCOc1c(Br)cc(/C=C(/C#N)C(=O)Nc2ccccc2I)cc1Br. The Morgan fingerprint density at radius 2 is 1.96 bits per heavy atom. The summed E-state index contributed by atoms with van der Waals surface area (Å²) in [4.78, 5) is 12.4. The number of nitriles is 1. The highest BCUT2D eigenvalue weighted by atomic mass is 127. The molecule has 2 aromatic rings. The van der Waals surface area contributed by atoms with Gasteiger partial charge in [0.2, 0.25) is 0 Å². The summed E-state index contributed by atoms with van der Waals surface area (Å²) in [6.45, 7) is 2.43. The fourth-order valence-corrected chi connectivity index (χ4v) is 3.99. The molecule has 0 heterocycles. The van der Waals surface area contributed by atoms with E-state index in [0.29, 0.717) is 23.6 Å². The maximum atomic E-state index is 12.4. The average molecular weight is 576 g/mol. The zero-order chi connectivity index (χ0) is 18.4. The average Bonchev–Trinajstić information content (AvgIpc) is 2.58. The minimum absolute atomic E-state index is 0.0163. The molecule has 2 rings (SSSR count). The van der Waals surface area contributed by atoms with Crippen LogP contribution in [0.2, 0.25) is 0 Å². The first-order valence-corrected chi connectivity index (χ1v) is 9.92. The minimum atomic E-state index is -0.451. The van der Waals surface area contributed by atoms with Gasteiger partial charge in [0, 0.05) is 3.57 Å². The summed E-state index contributed by atoms with van der Waals surface area (Å²) in [5, 5.41) is 12.1. The second kappa shape index (κ2) is 9.36. The van der Waals surface area contributed by atoms with Crippen molar-refractivity contribution < 1.29 is 9.53 Å². The van der Waals surface area contributed by atoms with E-state index in [1.54, 1.807) is 18.2 Å². The van der Waals surface area contributed by atoms with Crippen molar-refractivity contribution in [3.05, 3.63) is 60.1 Å². The normalized spacial score (nSPS) is 10.9. The molecule has 0 spiro atoms. The third-order valence-electron chi connectivity index (χ3n) is 3.11. The van der Waals surface area contributed by atoms with Crippen molar-refractivity contribution in [3.8, 4) is 11.8 Å². The van der Waals surface area contributed by atoms with Gasteiger partial charge in [-0.2, -0.15) is 5.26 Å². The molecule has 1 N–H and O–H groups in total. The third kappa shape index (κ3) is 5.30. The second-order valence-electron chi connectivity index (χ2n) is 4.85. The Bertz CT molecular complexity index is 853. The first kappa shape index (κ1) is 19.9. The highest BCUT2D eigenvalue weighted by Crippen LogP contribution is 2.35. The molecule has 0 aromatic heterocycles. The van der Waals surface area contributed by atoms with Gasteiger partial charge in [-0.3, -0.25) is 4.79 Å². The van der Waals surface area contributed by atoms with Crippen LogP contribution in [0.1, 0.15) is 12.5 Å². The summed E-state index contributed by atoms with van der Waals surface area (Å²) >= 11 is 9.01. The summed E-state index contributed by atoms with van der Waals surface area (Å²) in [6, 6.07) is 12.9. The Morgan fingerprint density at radius 1 is 1.32 bits per heavy atom. The molecule has 0 saturated heterocycles. The first-order valence-electron chi connectivity index (χ1n) is 7.25. The number of anilines is 1. The van der Waals surface area contributed by atoms with E-state index < -0.39 is 5.91 Å². The summed E-state index contributed by atoms with van der Waals surface area (Å²) < 4.78 is 7.92. The van der Waals surface area contributed by atoms with Gasteiger partial charge in [0.15, 0.2) is 0 Å². The van der Waals surface area contributed by atoms with Crippen LogP contribution in [0.5, 0.6) is 5.75 Å². The minimum Gasteiger partial charge on any atom is -0.492 e. The van der Waals surface area contributed by atoms with E-state index in [-0.39, 0.29) is 5.57 Å². The van der Waals surface area contributed by atoms with Gasteiger partial charge in [-0.15, -0.1) is 0 Å². The van der Waals surface area contributed by atoms with Gasteiger partial charge in [0.05, 0.1) is 21.2 Å². The van der Waals surface area contributed by atoms with E-state index >= 15 is 0 Å². The number of nitrogens with one attached hydrogen (secondary N) is 1. The molecule has 0 aliphatic rings. The molecule has 128 valence electrons. The van der Waals surface area contributed by atoms with E-state index in [1.807, 2.05) is 31.2 Å². The van der Waals surface area contributed by atoms with Gasteiger partial charge < -0.3 is 10.1 Å². The number of benzene rings is 2. The molecule has 0 atom stereocenters. The molecule has 0 saturated carbocycles. The van der Waals surface area contributed by atoms with Crippen molar-refractivity contribution >= 4 is 72.1 Å². The number of nitrogens with zero attached hydrogens (tertiary/aromatic N) is 1. The molecule has 7 heteroatoms. The Hall–Kier alpha value is -1.37.